The summed E-state index contributed by atoms with van der Waals surface area (Å²) in [4.78, 5) is 37.3. The smallest absolute Gasteiger partial charge is 0.220 e. The van der Waals surface area contributed by atoms with Gasteiger partial charge in [0.1, 0.15) is 5.75 Å². The van der Waals surface area contributed by atoms with Crippen molar-refractivity contribution in [2.24, 2.45) is 0 Å². The lowest BCUT2D eigenvalue weighted by Crippen LogP contribution is -2.42. The summed E-state index contributed by atoms with van der Waals surface area (Å²) in [5.74, 6) is 0.804. The van der Waals surface area contributed by atoms with Gasteiger partial charge in [-0.05, 0) is 108 Å². The lowest BCUT2D eigenvalue weighted by Gasteiger charge is -2.25. The third kappa shape index (κ3) is 23.2. The molecule has 0 aliphatic rings. The summed E-state index contributed by atoms with van der Waals surface area (Å²) in [5, 5.41) is 15.7. The predicted octanol–water partition coefficient (Wildman–Crippen LogP) is 10.2. The van der Waals surface area contributed by atoms with Gasteiger partial charge in [-0.25, -0.2) is 0 Å². The maximum atomic E-state index is 13.2. The number of hydrogen-bond donors (Lipinski definition) is 3. The quantitative estimate of drug-likeness (QED) is 0.0501. The van der Waals surface area contributed by atoms with Gasteiger partial charge in [-0.1, -0.05) is 101 Å². The minimum Gasteiger partial charge on any atom is -0.508 e. The molecule has 0 saturated heterocycles. The molecule has 0 saturated carbocycles. The Labute approximate surface area is 310 Å². The normalized spacial score (nSPS) is 13.2. The van der Waals surface area contributed by atoms with Crippen LogP contribution in [0.25, 0.3) is 0 Å². The third-order valence-electron chi connectivity index (χ3n) is 7.76. The predicted molar refractivity (Wildman–Crippen MR) is 218 cm³/mol. The number of nitrogens with one attached hydrogen (secondary N) is 2. The van der Waals surface area contributed by atoms with Crippen LogP contribution in [0, 0.1) is 13.8 Å². The first-order valence-corrected chi connectivity index (χ1v) is 20.3. The summed E-state index contributed by atoms with van der Waals surface area (Å²) in [6.45, 7) is 12.2. The van der Waals surface area contributed by atoms with E-state index < -0.39 is 6.04 Å². The van der Waals surface area contributed by atoms with Crippen LogP contribution in [0.4, 0.5) is 0 Å². The Hall–Kier alpha value is -3.23. The SMILES string of the molecule is CC/C=C\C/C=C\C/C=C\C/C=C\C/C=C\C/C=C\CCC(=O)NCCSSC(C)(C)CCC(=O)[C@H](Cc1c(C)cc(O)cc1C)NC(C)=O. The molecule has 0 aromatic heterocycles. The first-order valence-electron chi connectivity index (χ1n) is 18.0. The molecule has 0 unspecified atom stereocenters. The minimum absolute atomic E-state index is 0.00456. The lowest BCUT2D eigenvalue weighted by atomic mass is 9.92. The Bertz CT molecular complexity index is 1320. The lowest BCUT2D eigenvalue weighted by molar-refractivity contribution is -0.126. The number of amides is 2. The molecule has 1 rings (SSSR count). The standard InChI is InChI=1S/C42H62N2O4S2/c1-7-8-9-10-11-12-13-14-15-16-17-18-19-20-21-22-23-24-25-26-41(48)43-29-30-49-50-42(5,6)28-27-40(47)39(44-36(4)45)33-38-34(2)31-37(46)32-35(38)3/h8-9,11-12,14-15,17-18,20-21,23-24,31-32,39,46H,7,10,13,16,19,22,25-30,33H2,1-6H3,(H,43,48)(H,44,45)/b9-8-,12-11-,15-14-,18-17-,21-20-,24-23-/t39-/m0/s1. The summed E-state index contributed by atoms with van der Waals surface area (Å²) in [6, 6.07) is 2.76. The molecule has 276 valence electrons. The van der Waals surface area contributed by atoms with E-state index in [0.717, 1.165) is 67.4 Å². The Morgan fingerprint density at radius 3 is 1.80 bits per heavy atom. The van der Waals surface area contributed by atoms with Gasteiger partial charge in [0, 0.05) is 43.2 Å². The van der Waals surface area contributed by atoms with Crippen molar-refractivity contribution in [1.29, 1.82) is 0 Å². The molecule has 2 amide bonds. The highest BCUT2D eigenvalue weighted by Crippen LogP contribution is 2.38. The highest BCUT2D eigenvalue weighted by atomic mass is 33.1. The van der Waals surface area contributed by atoms with Crippen molar-refractivity contribution in [3.63, 3.8) is 0 Å². The summed E-state index contributed by atoms with van der Waals surface area (Å²) in [5.41, 5.74) is 2.77. The van der Waals surface area contributed by atoms with Gasteiger partial charge in [0.2, 0.25) is 11.8 Å². The number of aryl methyl sites for hydroxylation is 2. The van der Waals surface area contributed by atoms with Crippen LogP contribution in [0.2, 0.25) is 0 Å². The van der Waals surface area contributed by atoms with Gasteiger partial charge in [-0.3, -0.25) is 14.4 Å². The van der Waals surface area contributed by atoms with Crippen LogP contribution in [0.3, 0.4) is 0 Å². The second-order valence-electron chi connectivity index (χ2n) is 13.0. The van der Waals surface area contributed by atoms with Crippen molar-refractivity contribution in [2.45, 2.75) is 123 Å². The fraction of sp³-hybridized carbons (Fsp3) is 0.500. The van der Waals surface area contributed by atoms with Gasteiger partial charge in [0.15, 0.2) is 5.78 Å². The zero-order valence-corrected chi connectivity index (χ0v) is 33.0. The van der Waals surface area contributed by atoms with E-state index in [1.165, 1.54) is 6.92 Å². The zero-order valence-electron chi connectivity index (χ0n) is 31.3. The molecule has 8 heteroatoms. The zero-order chi connectivity index (χ0) is 37.0. The van der Waals surface area contributed by atoms with E-state index in [1.54, 1.807) is 33.7 Å². The van der Waals surface area contributed by atoms with E-state index in [2.05, 4.69) is 104 Å². The van der Waals surface area contributed by atoms with Gasteiger partial charge in [0.25, 0.3) is 0 Å². The average molecular weight is 723 g/mol. The molecule has 50 heavy (non-hydrogen) atoms. The van der Waals surface area contributed by atoms with Crippen molar-refractivity contribution in [2.75, 3.05) is 12.3 Å². The molecule has 0 heterocycles. The number of benzene rings is 1. The maximum absolute atomic E-state index is 13.2. The fourth-order valence-corrected chi connectivity index (χ4v) is 7.48. The van der Waals surface area contributed by atoms with E-state index >= 15 is 0 Å². The number of phenolic OH excluding ortho intramolecular Hbond substituents is 1. The second-order valence-corrected chi connectivity index (χ2v) is 16.1. The summed E-state index contributed by atoms with van der Waals surface area (Å²) in [7, 11) is 3.42. The van der Waals surface area contributed by atoms with E-state index in [1.807, 2.05) is 13.8 Å². The van der Waals surface area contributed by atoms with E-state index in [9.17, 15) is 19.5 Å². The Kier molecular flexibility index (Phi) is 24.6. The molecule has 0 aliphatic heterocycles. The number of phenols is 1. The third-order valence-corrected chi connectivity index (χ3v) is 11.1. The number of ketones is 1. The molecule has 1 atom stereocenters. The highest BCUT2D eigenvalue weighted by Gasteiger charge is 2.26. The fourth-order valence-electron chi connectivity index (χ4n) is 5.00. The molecule has 1 aromatic rings. The molecular weight excluding hydrogens is 661 g/mol. The highest BCUT2D eigenvalue weighted by molar-refractivity contribution is 8.77. The average Bonchev–Trinajstić information content (AvgIpc) is 3.05. The summed E-state index contributed by atoms with van der Waals surface area (Å²) >= 11 is 0. The number of hydrogen-bond acceptors (Lipinski definition) is 6. The largest absolute Gasteiger partial charge is 0.508 e. The first-order chi connectivity index (χ1) is 23.9. The van der Waals surface area contributed by atoms with Crippen molar-refractivity contribution < 1.29 is 19.5 Å². The topological polar surface area (TPSA) is 95.5 Å². The molecule has 1 aromatic carbocycles. The number of allylic oxidation sites excluding steroid dienone is 12. The van der Waals surface area contributed by atoms with Crippen LogP contribution in [0.5, 0.6) is 5.75 Å². The van der Waals surface area contributed by atoms with Crippen LogP contribution in [0.15, 0.2) is 85.0 Å². The van der Waals surface area contributed by atoms with Crippen LogP contribution < -0.4 is 10.6 Å². The molecular formula is C42H62N2O4S2. The Morgan fingerprint density at radius 1 is 0.800 bits per heavy atom. The molecule has 3 N–H and O–H groups in total. The molecule has 0 aliphatic carbocycles. The number of rotatable bonds is 26. The van der Waals surface area contributed by atoms with Gasteiger partial charge in [-0.2, -0.15) is 0 Å². The first kappa shape index (κ1) is 44.8. The molecule has 0 radical (unpaired) electrons. The minimum atomic E-state index is -0.606. The van der Waals surface area contributed by atoms with Crippen molar-refractivity contribution in [3.8, 4) is 5.75 Å². The van der Waals surface area contributed by atoms with Crippen molar-refractivity contribution >= 4 is 39.2 Å². The van der Waals surface area contributed by atoms with Crippen molar-refractivity contribution in [3.05, 3.63) is 102 Å². The van der Waals surface area contributed by atoms with Gasteiger partial charge < -0.3 is 15.7 Å². The van der Waals surface area contributed by atoms with E-state index in [4.69, 9.17) is 0 Å². The van der Waals surface area contributed by atoms with E-state index in [0.29, 0.717) is 32.2 Å². The van der Waals surface area contributed by atoms with Gasteiger partial charge in [0.05, 0.1) is 6.04 Å². The number of aromatic hydroxyl groups is 1. The monoisotopic (exact) mass is 722 g/mol. The van der Waals surface area contributed by atoms with Crippen LogP contribution in [-0.4, -0.2) is 45.8 Å². The van der Waals surface area contributed by atoms with Crippen LogP contribution >= 0.6 is 21.6 Å². The number of carbonyl (C=O) groups is 3. The second kappa shape index (κ2) is 27.5. The molecule has 0 spiro atoms. The Morgan fingerprint density at radius 2 is 1.30 bits per heavy atom. The Balaban J connectivity index is 2.20. The number of carbonyl (C=O) groups excluding carboxylic acids is 3. The van der Waals surface area contributed by atoms with Gasteiger partial charge in [-0.15, -0.1) is 0 Å². The summed E-state index contributed by atoms with van der Waals surface area (Å²) < 4.78 is -0.147. The molecule has 0 fully saturated rings. The van der Waals surface area contributed by atoms with Crippen LogP contribution in [0.1, 0.15) is 109 Å². The maximum Gasteiger partial charge on any atom is 0.220 e. The number of Topliss-reactive ketones (excluding diaryl/α,β-unsaturated/α-hetero) is 1. The molecule has 0 bridgehead atoms. The molecule has 6 nitrogen and oxygen atoms in total. The van der Waals surface area contributed by atoms with Crippen molar-refractivity contribution in [1.82, 2.24) is 10.6 Å². The van der Waals surface area contributed by atoms with Crippen LogP contribution in [-0.2, 0) is 20.8 Å². The summed E-state index contributed by atoms with van der Waals surface area (Å²) in [6.07, 6.45) is 34.6. The van der Waals surface area contributed by atoms with E-state index in [-0.39, 0.29) is 28.1 Å². The van der Waals surface area contributed by atoms with Gasteiger partial charge >= 0.3 is 0 Å².